The molecule has 4 heteroatoms. The number of aryl methyl sites for hydroxylation is 4. The van der Waals surface area contributed by atoms with Gasteiger partial charge in [-0.1, -0.05) is 18.2 Å². The fourth-order valence-electron chi connectivity index (χ4n) is 3.21. The van der Waals surface area contributed by atoms with Crippen LogP contribution in [0.1, 0.15) is 40.4 Å². The molecule has 1 aliphatic rings. The van der Waals surface area contributed by atoms with Gasteiger partial charge in [-0.05, 0) is 49.3 Å². The number of hydrogen-bond donors (Lipinski definition) is 2. The average Bonchev–Trinajstić information content (AvgIpc) is 3.01. The first-order valence-corrected chi connectivity index (χ1v) is 7.24. The van der Waals surface area contributed by atoms with Crippen LogP contribution in [-0.4, -0.2) is 9.78 Å². The Kier molecular flexibility index (Phi) is 3.59. The van der Waals surface area contributed by atoms with E-state index in [2.05, 4.69) is 28.7 Å². The van der Waals surface area contributed by atoms with Crippen molar-refractivity contribution < 1.29 is 0 Å². The van der Waals surface area contributed by atoms with E-state index in [1.165, 1.54) is 41.5 Å². The van der Waals surface area contributed by atoms with E-state index in [0.717, 1.165) is 12.1 Å². The molecular weight excluding hydrogens is 248 g/mol. The number of hydrogen-bond acceptors (Lipinski definition) is 3. The topological polar surface area (TPSA) is 55.9 Å². The summed E-state index contributed by atoms with van der Waals surface area (Å²) in [7, 11) is 1.94. The average molecular weight is 270 g/mol. The predicted octanol–water partition coefficient (Wildman–Crippen LogP) is 1.96. The minimum absolute atomic E-state index is 0.114. The zero-order chi connectivity index (χ0) is 14.1. The van der Waals surface area contributed by atoms with E-state index in [1.54, 1.807) is 0 Å². The highest BCUT2D eigenvalue weighted by molar-refractivity contribution is 5.36. The Morgan fingerprint density at radius 3 is 2.85 bits per heavy atom. The number of aromatic nitrogens is 2. The van der Waals surface area contributed by atoms with E-state index in [-0.39, 0.29) is 6.04 Å². The van der Waals surface area contributed by atoms with Gasteiger partial charge in [0.25, 0.3) is 0 Å². The Morgan fingerprint density at radius 1 is 1.35 bits per heavy atom. The Balaban J connectivity index is 1.83. The molecule has 1 aliphatic carbocycles. The summed E-state index contributed by atoms with van der Waals surface area (Å²) < 4.78 is 1.84. The standard InChI is InChI=1S/C16H22N4/c1-11-15(10-20(2)19-11)16(18-17)9-12-6-7-13-4-3-5-14(13)8-12/h6-8,10,16,18H,3-5,9,17H2,1-2H3. The molecule has 0 radical (unpaired) electrons. The Labute approximate surface area is 120 Å². The molecule has 0 saturated heterocycles. The molecule has 1 heterocycles. The molecule has 1 aromatic carbocycles. The van der Waals surface area contributed by atoms with Crippen LogP contribution in [-0.2, 0) is 26.3 Å². The molecule has 0 amide bonds. The summed E-state index contributed by atoms with van der Waals surface area (Å²) in [6.45, 7) is 2.03. The molecule has 0 saturated carbocycles. The lowest BCUT2D eigenvalue weighted by molar-refractivity contribution is 0.549. The maximum absolute atomic E-state index is 5.76. The van der Waals surface area contributed by atoms with Gasteiger partial charge >= 0.3 is 0 Å². The fourth-order valence-corrected chi connectivity index (χ4v) is 3.21. The Morgan fingerprint density at radius 2 is 2.15 bits per heavy atom. The number of fused-ring (bicyclic) bond motifs is 1. The van der Waals surface area contributed by atoms with Gasteiger partial charge in [0.1, 0.15) is 0 Å². The zero-order valence-corrected chi connectivity index (χ0v) is 12.2. The van der Waals surface area contributed by atoms with Crippen LogP contribution in [0.4, 0.5) is 0 Å². The van der Waals surface area contributed by atoms with Crippen molar-refractivity contribution in [2.45, 2.75) is 38.6 Å². The third kappa shape index (κ3) is 2.49. The predicted molar refractivity (Wildman–Crippen MR) is 80.2 cm³/mol. The van der Waals surface area contributed by atoms with Crippen molar-refractivity contribution in [1.29, 1.82) is 0 Å². The first-order valence-electron chi connectivity index (χ1n) is 7.24. The minimum atomic E-state index is 0.114. The third-order valence-corrected chi connectivity index (χ3v) is 4.23. The summed E-state index contributed by atoms with van der Waals surface area (Å²) in [5.41, 5.74) is 9.53. The van der Waals surface area contributed by atoms with Gasteiger partial charge in [-0.15, -0.1) is 0 Å². The molecule has 106 valence electrons. The number of nitrogens with two attached hydrogens (primary N) is 1. The summed E-state index contributed by atoms with van der Waals surface area (Å²) in [4.78, 5) is 0. The molecule has 3 rings (SSSR count). The molecule has 4 nitrogen and oxygen atoms in total. The number of benzene rings is 1. The van der Waals surface area contributed by atoms with Crippen molar-refractivity contribution >= 4 is 0 Å². The lowest BCUT2D eigenvalue weighted by atomic mass is 9.97. The molecule has 1 atom stereocenters. The van der Waals surface area contributed by atoms with Crippen LogP contribution in [0.3, 0.4) is 0 Å². The minimum Gasteiger partial charge on any atom is -0.275 e. The molecule has 0 bridgehead atoms. The number of nitrogens with one attached hydrogen (secondary N) is 1. The van der Waals surface area contributed by atoms with Crippen molar-refractivity contribution in [3.8, 4) is 0 Å². The van der Waals surface area contributed by atoms with Crippen LogP contribution < -0.4 is 11.3 Å². The summed E-state index contributed by atoms with van der Waals surface area (Å²) in [6, 6.07) is 6.98. The molecule has 0 spiro atoms. The van der Waals surface area contributed by atoms with E-state index in [4.69, 9.17) is 5.84 Å². The lowest BCUT2D eigenvalue weighted by Gasteiger charge is -2.16. The van der Waals surface area contributed by atoms with Crippen LogP contribution in [0, 0.1) is 6.92 Å². The monoisotopic (exact) mass is 270 g/mol. The number of rotatable bonds is 4. The Hall–Kier alpha value is -1.65. The van der Waals surface area contributed by atoms with Gasteiger partial charge < -0.3 is 0 Å². The largest absolute Gasteiger partial charge is 0.275 e. The quantitative estimate of drug-likeness (QED) is 0.659. The van der Waals surface area contributed by atoms with Crippen molar-refractivity contribution in [3.05, 3.63) is 52.3 Å². The molecular formula is C16H22N4. The highest BCUT2D eigenvalue weighted by atomic mass is 15.3. The molecule has 1 unspecified atom stereocenters. The zero-order valence-electron chi connectivity index (χ0n) is 12.2. The summed E-state index contributed by atoms with van der Waals surface area (Å²) in [5, 5.41) is 4.40. The van der Waals surface area contributed by atoms with Crippen molar-refractivity contribution in [2.24, 2.45) is 12.9 Å². The van der Waals surface area contributed by atoms with Crippen molar-refractivity contribution in [2.75, 3.05) is 0 Å². The fraction of sp³-hybridized carbons (Fsp3) is 0.438. The van der Waals surface area contributed by atoms with Crippen molar-refractivity contribution in [3.63, 3.8) is 0 Å². The van der Waals surface area contributed by atoms with Gasteiger partial charge in [0.15, 0.2) is 0 Å². The van der Waals surface area contributed by atoms with Gasteiger partial charge in [0.2, 0.25) is 0 Å². The van der Waals surface area contributed by atoms with E-state index >= 15 is 0 Å². The number of nitrogens with zero attached hydrogens (tertiary/aromatic N) is 2. The van der Waals surface area contributed by atoms with Crippen molar-refractivity contribution in [1.82, 2.24) is 15.2 Å². The molecule has 20 heavy (non-hydrogen) atoms. The highest BCUT2D eigenvalue weighted by Gasteiger charge is 2.17. The summed E-state index contributed by atoms with van der Waals surface area (Å²) in [6.07, 6.45) is 6.69. The van der Waals surface area contributed by atoms with Gasteiger partial charge in [-0.3, -0.25) is 16.0 Å². The molecule has 1 aromatic heterocycles. The van der Waals surface area contributed by atoms with Crippen LogP contribution >= 0.6 is 0 Å². The molecule has 0 aliphatic heterocycles. The molecule has 2 aromatic rings. The summed E-state index contributed by atoms with van der Waals surface area (Å²) >= 11 is 0. The second kappa shape index (κ2) is 5.38. The van der Waals surface area contributed by atoms with E-state index < -0.39 is 0 Å². The van der Waals surface area contributed by atoms with Gasteiger partial charge in [-0.25, -0.2) is 0 Å². The maximum Gasteiger partial charge on any atom is 0.0642 e. The van der Waals surface area contributed by atoms with Crippen LogP contribution in [0.2, 0.25) is 0 Å². The molecule has 3 N–H and O–H groups in total. The summed E-state index contributed by atoms with van der Waals surface area (Å²) in [5.74, 6) is 5.76. The second-order valence-electron chi connectivity index (χ2n) is 5.72. The van der Waals surface area contributed by atoms with Gasteiger partial charge in [-0.2, -0.15) is 5.10 Å². The van der Waals surface area contributed by atoms with Crippen LogP contribution in [0.5, 0.6) is 0 Å². The normalized spacial score (nSPS) is 15.3. The maximum atomic E-state index is 5.76. The SMILES string of the molecule is Cc1nn(C)cc1C(Cc1ccc2c(c1)CCC2)NN. The van der Waals surface area contributed by atoms with E-state index in [9.17, 15) is 0 Å². The lowest BCUT2D eigenvalue weighted by Crippen LogP contribution is -2.29. The third-order valence-electron chi connectivity index (χ3n) is 4.23. The number of hydrazine groups is 1. The van der Waals surface area contributed by atoms with Crippen LogP contribution in [0.15, 0.2) is 24.4 Å². The first-order chi connectivity index (χ1) is 9.67. The first kappa shape index (κ1) is 13.3. The highest BCUT2D eigenvalue weighted by Crippen LogP contribution is 2.26. The van der Waals surface area contributed by atoms with Gasteiger partial charge in [0.05, 0.1) is 11.7 Å². The van der Waals surface area contributed by atoms with Crippen LogP contribution in [0.25, 0.3) is 0 Å². The smallest absolute Gasteiger partial charge is 0.0642 e. The van der Waals surface area contributed by atoms with E-state index in [0.29, 0.717) is 0 Å². The second-order valence-corrected chi connectivity index (χ2v) is 5.72. The Bertz CT molecular complexity index is 615. The van der Waals surface area contributed by atoms with Gasteiger partial charge in [0, 0.05) is 18.8 Å². The molecule has 0 fully saturated rings. The van der Waals surface area contributed by atoms with E-state index in [1.807, 2.05) is 24.9 Å².